The van der Waals surface area contributed by atoms with Gasteiger partial charge in [0.15, 0.2) is 0 Å². The molecule has 0 aromatic heterocycles. The van der Waals surface area contributed by atoms with Crippen LogP contribution >= 0.6 is 0 Å². The van der Waals surface area contributed by atoms with Crippen molar-refractivity contribution in [2.45, 2.75) is 32.9 Å². The molecule has 2 amide bonds. The molecule has 1 aliphatic rings. The van der Waals surface area contributed by atoms with Gasteiger partial charge in [-0.15, -0.1) is 0 Å². The zero-order valence-corrected chi connectivity index (χ0v) is 15.9. The average Bonchev–Trinajstić information content (AvgIpc) is 3.08. The largest absolute Gasteiger partial charge is 0.335 e. The Morgan fingerprint density at radius 3 is 2.70 bits per heavy atom. The van der Waals surface area contributed by atoms with Gasteiger partial charge in [0.25, 0.3) is 0 Å². The van der Waals surface area contributed by atoms with E-state index >= 15 is 0 Å². The van der Waals surface area contributed by atoms with E-state index in [0.717, 1.165) is 29.9 Å². The van der Waals surface area contributed by atoms with Gasteiger partial charge in [-0.2, -0.15) is 0 Å². The summed E-state index contributed by atoms with van der Waals surface area (Å²) in [6.45, 7) is 6.20. The Kier molecular flexibility index (Phi) is 6.24. The fourth-order valence-electron chi connectivity index (χ4n) is 3.47. The minimum atomic E-state index is -0.318. The summed E-state index contributed by atoms with van der Waals surface area (Å²) in [4.78, 5) is 27.0. The lowest BCUT2D eigenvalue weighted by atomic mass is 10.1. The molecule has 5 nitrogen and oxygen atoms in total. The summed E-state index contributed by atoms with van der Waals surface area (Å²) in [5, 5.41) is 6.25. The third-order valence-corrected chi connectivity index (χ3v) is 5.05. The highest BCUT2D eigenvalue weighted by molar-refractivity contribution is 5.97. The van der Waals surface area contributed by atoms with Crippen LogP contribution in [0.25, 0.3) is 0 Å². The zero-order chi connectivity index (χ0) is 19.2. The first kappa shape index (κ1) is 19.1. The molecule has 1 aliphatic heterocycles. The number of anilines is 1. The quantitative estimate of drug-likeness (QED) is 0.791. The van der Waals surface area contributed by atoms with Crippen LogP contribution in [-0.4, -0.2) is 29.8 Å². The molecule has 0 aliphatic carbocycles. The van der Waals surface area contributed by atoms with Crippen molar-refractivity contribution >= 4 is 17.5 Å². The lowest BCUT2D eigenvalue weighted by Crippen LogP contribution is -2.30. The molecule has 142 valence electrons. The number of nitrogens with one attached hydrogen (secondary N) is 2. The van der Waals surface area contributed by atoms with Gasteiger partial charge in [-0.3, -0.25) is 9.59 Å². The molecular formula is C22H27N3O2. The first-order valence-electron chi connectivity index (χ1n) is 9.53. The predicted molar refractivity (Wildman–Crippen MR) is 107 cm³/mol. The maximum Gasteiger partial charge on any atom is 0.229 e. The van der Waals surface area contributed by atoms with Crippen molar-refractivity contribution in [3.05, 3.63) is 65.7 Å². The molecule has 2 unspecified atom stereocenters. The van der Waals surface area contributed by atoms with Crippen molar-refractivity contribution in [3.63, 3.8) is 0 Å². The summed E-state index contributed by atoms with van der Waals surface area (Å²) in [7, 11) is 0. The van der Waals surface area contributed by atoms with E-state index in [2.05, 4.69) is 17.6 Å². The topological polar surface area (TPSA) is 61.4 Å². The van der Waals surface area contributed by atoms with Gasteiger partial charge < -0.3 is 15.5 Å². The highest BCUT2D eigenvalue weighted by Crippen LogP contribution is 2.29. The van der Waals surface area contributed by atoms with Gasteiger partial charge in [-0.05, 0) is 36.7 Å². The number of likely N-dealkylation sites (tertiary alicyclic amines) is 1. The second kappa shape index (κ2) is 8.82. The van der Waals surface area contributed by atoms with Crippen molar-refractivity contribution in [2.24, 2.45) is 5.92 Å². The Bertz CT molecular complexity index is 791. The van der Waals surface area contributed by atoms with Gasteiger partial charge in [-0.1, -0.05) is 49.4 Å². The number of carbonyl (C=O) groups is 2. The Morgan fingerprint density at radius 1 is 1.19 bits per heavy atom. The molecule has 2 aromatic carbocycles. The van der Waals surface area contributed by atoms with Crippen molar-refractivity contribution in [3.8, 4) is 0 Å². The summed E-state index contributed by atoms with van der Waals surface area (Å²) in [5.41, 5.74) is 2.98. The monoisotopic (exact) mass is 365 g/mol. The number of carbonyl (C=O) groups excluding carboxylic acids is 2. The standard InChI is InChI=1S/C22H27N3O2/c1-3-23-14-17-8-7-11-20(12-17)24-22(27)19-13-21(26)25(15-19)16(2)18-9-5-4-6-10-18/h4-12,16,19,23H,3,13-15H2,1-2H3,(H,24,27). The van der Waals surface area contributed by atoms with Gasteiger partial charge in [0.05, 0.1) is 12.0 Å². The van der Waals surface area contributed by atoms with E-state index < -0.39 is 0 Å². The van der Waals surface area contributed by atoms with E-state index in [4.69, 9.17) is 0 Å². The molecule has 1 heterocycles. The summed E-state index contributed by atoms with van der Waals surface area (Å²) in [5.74, 6) is -0.375. The van der Waals surface area contributed by atoms with Crippen LogP contribution in [0.1, 0.15) is 37.4 Å². The van der Waals surface area contributed by atoms with E-state index in [1.807, 2.05) is 61.5 Å². The fourth-order valence-corrected chi connectivity index (χ4v) is 3.47. The molecule has 27 heavy (non-hydrogen) atoms. The number of benzene rings is 2. The number of hydrogen-bond donors (Lipinski definition) is 2. The number of nitrogens with zero attached hydrogens (tertiary/aromatic N) is 1. The van der Waals surface area contributed by atoms with E-state index in [1.54, 1.807) is 4.90 Å². The maximum atomic E-state index is 12.7. The second-order valence-corrected chi connectivity index (χ2v) is 7.00. The summed E-state index contributed by atoms with van der Waals surface area (Å²) in [6, 6.07) is 17.7. The summed E-state index contributed by atoms with van der Waals surface area (Å²) in [6.07, 6.45) is 0.264. The van der Waals surface area contributed by atoms with Crippen LogP contribution in [0.15, 0.2) is 54.6 Å². The summed E-state index contributed by atoms with van der Waals surface area (Å²) < 4.78 is 0. The average molecular weight is 365 g/mol. The zero-order valence-electron chi connectivity index (χ0n) is 15.9. The molecule has 3 rings (SSSR count). The van der Waals surface area contributed by atoms with Gasteiger partial charge in [0.2, 0.25) is 11.8 Å². The Morgan fingerprint density at radius 2 is 1.96 bits per heavy atom. The lowest BCUT2D eigenvalue weighted by molar-refractivity contribution is -0.129. The molecule has 2 atom stereocenters. The van der Waals surface area contributed by atoms with Crippen LogP contribution in [0.4, 0.5) is 5.69 Å². The van der Waals surface area contributed by atoms with E-state index in [-0.39, 0.29) is 30.2 Å². The van der Waals surface area contributed by atoms with Gasteiger partial charge in [0.1, 0.15) is 0 Å². The van der Waals surface area contributed by atoms with E-state index in [1.165, 1.54) is 0 Å². The summed E-state index contributed by atoms with van der Waals surface area (Å²) >= 11 is 0. The minimum Gasteiger partial charge on any atom is -0.335 e. The predicted octanol–water partition coefficient (Wildman–Crippen LogP) is 3.34. The number of hydrogen-bond acceptors (Lipinski definition) is 3. The molecule has 0 bridgehead atoms. The fraction of sp³-hybridized carbons (Fsp3) is 0.364. The highest BCUT2D eigenvalue weighted by Gasteiger charge is 2.37. The van der Waals surface area contributed by atoms with Crippen molar-refractivity contribution < 1.29 is 9.59 Å². The van der Waals surface area contributed by atoms with Gasteiger partial charge in [-0.25, -0.2) is 0 Å². The van der Waals surface area contributed by atoms with Crippen LogP contribution in [0, 0.1) is 5.92 Å². The molecule has 5 heteroatoms. The van der Waals surface area contributed by atoms with Crippen LogP contribution < -0.4 is 10.6 Å². The van der Waals surface area contributed by atoms with Crippen LogP contribution in [0.2, 0.25) is 0 Å². The molecule has 0 saturated carbocycles. The maximum absolute atomic E-state index is 12.7. The Balaban J connectivity index is 1.62. The van der Waals surface area contributed by atoms with E-state index in [0.29, 0.717) is 6.54 Å². The van der Waals surface area contributed by atoms with Gasteiger partial charge in [0, 0.05) is 25.2 Å². The molecule has 1 fully saturated rings. The molecule has 1 saturated heterocycles. The Labute approximate surface area is 160 Å². The molecule has 0 spiro atoms. The smallest absolute Gasteiger partial charge is 0.229 e. The van der Waals surface area contributed by atoms with E-state index in [9.17, 15) is 9.59 Å². The minimum absolute atomic E-state index is 0.0278. The lowest BCUT2D eigenvalue weighted by Gasteiger charge is -2.25. The molecular weight excluding hydrogens is 338 g/mol. The SMILES string of the molecule is CCNCc1cccc(NC(=O)C2CC(=O)N(C(C)c3ccccc3)C2)c1. The van der Waals surface area contributed by atoms with Crippen LogP contribution in [-0.2, 0) is 16.1 Å². The molecule has 2 aromatic rings. The van der Waals surface area contributed by atoms with Crippen molar-refractivity contribution in [1.82, 2.24) is 10.2 Å². The third-order valence-electron chi connectivity index (χ3n) is 5.05. The van der Waals surface area contributed by atoms with Crippen LogP contribution in [0.5, 0.6) is 0 Å². The third kappa shape index (κ3) is 4.74. The highest BCUT2D eigenvalue weighted by atomic mass is 16.2. The molecule has 0 radical (unpaired) electrons. The molecule has 2 N–H and O–H groups in total. The normalized spacial score (nSPS) is 17.8. The number of amides is 2. The first-order valence-corrected chi connectivity index (χ1v) is 9.53. The van der Waals surface area contributed by atoms with Crippen LogP contribution in [0.3, 0.4) is 0 Å². The van der Waals surface area contributed by atoms with Crippen molar-refractivity contribution in [2.75, 3.05) is 18.4 Å². The number of rotatable bonds is 7. The first-order chi connectivity index (χ1) is 13.1. The Hall–Kier alpha value is -2.66. The van der Waals surface area contributed by atoms with Gasteiger partial charge >= 0.3 is 0 Å². The second-order valence-electron chi connectivity index (χ2n) is 7.00. The van der Waals surface area contributed by atoms with Crippen molar-refractivity contribution in [1.29, 1.82) is 0 Å².